The normalized spacial score (nSPS) is 11.2. The highest BCUT2D eigenvalue weighted by atomic mass is 19.3. The van der Waals surface area contributed by atoms with Gasteiger partial charge < -0.3 is 20.4 Å². The summed E-state index contributed by atoms with van der Waals surface area (Å²) in [5, 5.41) is 3.27. The minimum atomic E-state index is -2.83. The van der Waals surface area contributed by atoms with Gasteiger partial charge in [0.05, 0.1) is 11.1 Å². The van der Waals surface area contributed by atoms with Gasteiger partial charge in [-0.25, -0.2) is 28.1 Å². The topological polar surface area (TPSA) is 121 Å². The van der Waals surface area contributed by atoms with E-state index in [1.54, 1.807) is 44.3 Å². The smallest absolute Gasteiger partial charge is 0.322 e. The van der Waals surface area contributed by atoms with E-state index in [2.05, 4.69) is 31.8 Å². The first-order valence-corrected chi connectivity index (χ1v) is 11.9. The Morgan fingerprint density at radius 2 is 1.80 bits per heavy atom. The summed E-state index contributed by atoms with van der Waals surface area (Å²) in [5.41, 5.74) is 9.59. The zero-order valence-electron chi connectivity index (χ0n) is 21.3. The Balaban J connectivity index is 1.59. The van der Waals surface area contributed by atoms with Crippen molar-refractivity contribution in [3.63, 3.8) is 0 Å². The highest BCUT2D eigenvalue weighted by Gasteiger charge is 2.23. The number of carbonyl (C=O) groups excluding carboxylic acids is 1. The summed E-state index contributed by atoms with van der Waals surface area (Å²) in [6, 6.07) is 11.9. The molecule has 0 bridgehead atoms. The van der Waals surface area contributed by atoms with Crippen molar-refractivity contribution < 1.29 is 22.7 Å². The first-order valence-electron chi connectivity index (χ1n) is 11.9. The van der Waals surface area contributed by atoms with Crippen LogP contribution in [0.4, 0.5) is 24.7 Å². The van der Waals surface area contributed by atoms with Crippen LogP contribution in [-0.2, 0) is 11.8 Å². The van der Waals surface area contributed by atoms with E-state index >= 15 is 4.39 Å². The lowest BCUT2D eigenvalue weighted by atomic mass is 9.98. The number of ether oxygens (including phenoxy) is 1. The maximum absolute atomic E-state index is 15.3. The van der Waals surface area contributed by atoms with Crippen LogP contribution in [0.2, 0.25) is 0 Å². The molecule has 0 aliphatic heterocycles. The van der Waals surface area contributed by atoms with E-state index in [-0.39, 0.29) is 17.5 Å². The van der Waals surface area contributed by atoms with Crippen molar-refractivity contribution in [1.29, 1.82) is 0 Å². The summed E-state index contributed by atoms with van der Waals surface area (Å²) in [7, 11) is 1.80. The lowest BCUT2D eigenvalue weighted by molar-refractivity contribution is -0.112. The summed E-state index contributed by atoms with van der Waals surface area (Å²) >= 11 is 0. The predicted molar refractivity (Wildman–Crippen MR) is 144 cm³/mol. The van der Waals surface area contributed by atoms with Crippen LogP contribution in [-0.4, -0.2) is 30.4 Å². The van der Waals surface area contributed by atoms with Crippen molar-refractivity contribution in [2.24, 2.45) is 7.05 Å². The predicted octanol–water partition coefficient (Wildman–Crippen LogP) is 6.06. The molecular formula is C28H22F3N7O2. The molecule has 2 aromatic carbocycles. The molecule has 40 heavy (non-hydrogen) atoms. The number of hydrogen-bond donors (Lipinski definition) is 2. The molecule has 3 aromatic heterocycles. The van der Waals surface area contributed by atoms with Gasteiger partial charge in [-0.3, -0.25) is 4.79 Å². The zero-order chi connectivity index (χ0) is 28.6. The van der Waals surface area contributed by atoms with Crippen LogP contribution in [0.3, 0.4) is 0 Å². The highest BCUT2D eigenvalue weighted by Crippen LogP contribution is 2.42. The van der Waals surface area contributed by atoms with E-state index in [0.717, 1.165) is 17.8 Å². The molecular weight excluding hydrogens is 523 g/mol. The molecule has 0 saturated carbocycles. The third kappa shape index (κ3) is 4.94. The summed E-state index contributed by atoms with van der Waals surface area (Å²) in [6.07, 6.45) is -0.380. The molecule has 5 aromatic rings. The van der Waals surface area contributed by atoms with Crippen molar-refractivity contribution in [3.8, 4) is 34.1 Å². The lowest BCUT2D eigenvalue weighted by Crippen LogP contribution is -2.11. The largest absolute Gasteiger partial charge is 0.421 e. The molecule has 0 saturated heterocycles. The Bertz CT molecular complexity index is 1770. The van der Waals surface area contributed by atoms with E-state index in [4.69, 9.17) is 10.5 Å². The Labute approximate surface area is 226 Å². The Hall–Kier alpha value is -5.26. The third-order valence-corrected chi connectivity index (χ3v) is 6.10. The second kappa shape index (κ2) is 10.5. The van der Waals surface area contributed by atoms with Gasteiger partial charge in [0.15, 0.2) is 11.6 Å². The van der Waals surface area contributed by atoms with Crippen LogP contribution in [0.25, 0.3) is 33.4 Å². The molecule has 3 heterocycles. The average molecular weight is 546 g/mol. The van der Waals surface area contributed by atoms with Crippen LogP contribution in [0.5, 0.6) is 11.8 Å². The van der Waals surface area contributed by atoms with Gasteiger partial charge in [0.1, 0.15) is 23.5 Å². The molecule has 0 fully saturated rings. The lowest BCUT2D eigenvalue weighted by Gasteiger charge is -2.12. The Kier molecular flexibility index (Phi) is 6.91. The van der Waals surface area contributed by atoms with Crippen LogP contribution in [0.15, 0.2) is 73.2 Å². The number of hydrogen-bond acceptors (Lipinski definition) is 7. The second-order valence-electron chi connectivity index (χ2n) is 8.86. The van der Waals surface area contributed by atoms with E-state index < -0.39 is 23.9 Å². The van der Waals surface area contributed by atoms with Crippen LogP contribution >= 0.6 is 0 Å². The van der Waals surface area contributed by atoms with Gasteiger partial charge in [-0.15, -0.1) is 0 Å². The number of aromatic nitrogens is 5. The van der Waals surface area contributed by atoms with E-state index in [9.17, 15) is 13.6 Å². The van der Waals surface area contributed by atoms with Gasteiger partial charge in [0.25, 0.3) is 12.3 Å². The van der Waals surface area contributed by atoms with E-state index in [0.29, 0.717) is 39.1 Å². The average Bonchev–Trinajstić information content (AvgIpc) is 3.23. The molecule has 9 nitrogen and oxygen atoms in total. The molecule has 12 heteroatoms. The van der Waals surface area contributed by atoms with Crippen LogP contribution in [0.1, 0.15) is 19.0 Å². The molecule has 202 valence electrons. The SMILES string of the molecule is C=C(C)C(=O)Nc1ccc(-c2c(-c3ccc(Oc4nccc(C(F)F)n4)c(F)c3)c3c(N)ncnc3n2C)cc1. The zero-order valence-corrected chi connectivity index (χ0v) is 21.3. The number of benzene rings is 2. The van der Waals surface area contributed by atoms with Crippen molar-refractivity contribution in [1.82, 2.24) is 24.5 Å². The van der Waals surface area contributed by atoms with Gasteiger partial charge in [0.2, 0.25) is 0 Å². The van der Waals surface area contributed by atoms with Gasteiger partial charge in [-0.2, -0.15) is 4.98 Å². The molecule has 0 aliphatic carbocycles. The maximum Gasteiger partial charge on any atom is 0.322 e. The number of nitrogens with two attached hydrogens (primary N) is 1. The number of fused-ring (bicyclic) bond motifs is 1. The molecule has 0 atom stereocenters. The fraction of sp³-hybridized carbons (Fsp3) is 0.107. The number of amides is 1. The van der Waals surface area contributed by atoms with Crippen molar-refractivity contribution in [3.05, 3.63) is 84.7 Å². The number of rotatable bonds is 7. The fourth-order valence-electron chi connectivity index (χ4n) is 4.21. The summed E-state index contributed by atoms with van der Waals surface area (Å²) < 4.78 is 48.5. The van der Waals surface area contributed by atoms with Gasteiger partial charge in [-0.1, -0.05) is 24.8 Å². The Morgan fingerprint density at radius 3 is 2.48 bits per heavy atom. The molecule has 0 aliphatic rings. The number of carbonyl (C=O) groups is 1. The van der Waals surface area contributed by atoms with E-state index in [1.165, 1.54) is 18.5 Å². The van der Waals surface area contributed by atoms with Gasteiger partial charge in [0, 0.05) is 30.1 Å². The molecule has 3 N–H and O–H groups in total. The van der Waals surface area contributed by atoms with E-state index in [1.807, 2.05) is 4.57 Å². The third-order valence-electron chi connectivity index (χ3n) is 6.10. The molecule has 1 amide bonds. The first kappa shape index (κ1) is 26.4. The standard InChI is InChI=1S/C28H22F3N7O2/c1-14(2)27(39)36-17-7-4-15(5-8-17)23-21(22-25(32)34-13-35-26(22)38(23)3)16-6-9-20(18(29)12-16)40-28-33-11-10-19(37-28)24(30)31/h4-13,24H,1H2,2-3H3,(H,36,39)(H2,32,34,35). The Morgan fingerprint density at radius 1 is 1.07 bits per heavy atom. The minimum Gasteiger partial charge on any atom is -0.421 e. The second-order valence-corrected chi connectivity index (χ2v) is 8.86. The summed E-state index contributed by atoms with van der Waals surface area (Å²) in [6.45, 7) is 5.25. The number of alkyl halides is 2. The summed E-state index contributed by atoms with van der Waals surface area (Å²) in [4.78, 5) is 27.9. The molecule has 0 spiro atoms. The highest BCUT2D eigenvalue weighted by molar-refractivity contribution is 6.08. The van der Waals surface area contributed by atoms with Crippen molar-refractivity contribution >= 4 is 28.4 Å². The number of aryl methyl sites for hydroxylation is 1. The fourth-order valence-corrected chi connectivity index (χ4v) is 4.21. The number of anilines is 2. The number of nitrogens with zero attached hydrogens (tertiary/aromatic N) is 5. The van der Waals surface area contributed by atoms with Crippen molar-refractivity contribution in [2.45, 2.75) is 13.3 Å². The monoisotopic (exact) mass is 545 g/mol. The van der Waals surface area contributed by atoms with Crippen LogP contribution < -0.4 is 15.8 Å². The summed E-state index contributed by atoms with van der Waals surface area (Å²) in [5.74, 6) is -1.13. The van der Waals surface area contributed by atoms with Crippen LogP contribution in [0, 0.1) is 5.82 Å². The molecule has 0 radical (unpaired) electrons. The quantitative estimate of drug-likeness (QED) is 0.239. The number of halogens is 3. The molecule has 0 unspecified atom stereocenters. The number of nitrogens with one attached hydrogen (secondary N) is 1. The number of nitrogen functional groups attached to an aromatic ring is 1. The van der Waals surface area contributed by atoms with Crippen molar-refractivity contribution in [2.75, 3.05) is 11.1 Å². The maximum atomic E-state index is 15.3. The molecule has 5 rings (SSSR count). The van der Waals surface area contributed by atoms with Gasteiger partial charge in [-0.05, 0) is 48.4 Å². The first-order chi connectivity index (χ1) is 19.1. The van der Waals surface area contributed by atoms with Gasteiger partial charge >= 0.3 is 6.01 Å². The minimum absolute atomic E-state index is 0.199.